The lowest BCUT2D eigenvalue weighted by atomic mass is 10.1. The van der Waals surface area contributed by atoms with E-state index in [9.17, 15) is 4.79 Å². The van der Waals surface area contributed by atoms with E-state index in [1.165, 1.54) is 18.5 Å². The number of amides is 1. The Morgan fingerprint density at radius 3 is 2.81 bits per heavy atom. The first-order valence-corrected chi connectivity index (χ1v) is 10.5. The summed E-state index contributed by atoms with van der Waals surface area (Å²) >= 11 is 18.5. The smallest absolute Gasteiger partial charge is 0.277 e. The summed E-state index contributed by atoms with van der Waals surface area (Å²) in [6.45, 7) is 1.64. The lowest BCUT2D eigenvalue weighted by molar-refractivity contribution is -0.123. The average Bonchev–Trinajstić information content (AvgIpc) is 3.28. The van der Waals surface area contributed by atoms with E-state index in [4.69, 9.17) is 44.1 Å². The summed E-state index contributed by atoms with van der Waals surface area (Å²) in [5.74, 6) is 0.136. The molecule has 32 heavy (non-hydrogen) atoms. The monoisotopic (exact) mass is 488 g/mol. The molecule has 2 aromatic heterocycles. The van der Waals surface area contributed by atoms with Crippen LogP contribution < -0.4 is 10.2 Å². The number of ether oxygens (including phenoxy) is 1. The molecule has 10 heteroatoms. The molecule has 0 saturated carbocycles. The highest BCUT2D eigenvalue weighted by Crippen LogP contribution is 2.38. The van der Waals surface area contributed by atoms with Crippen molar-refractivity contribution >= 4 is 57.8 Å². The topological polar surface area (TPSA) is 89.6 Å². The van der Waals surface area contributed by atoms with Crippen LogP contribution in [0.5, 0.6) is 5.75 Å². The average molecular weight is 490 g/mol. The van der Waals surface area contributed by atoms with Crippen LogP contribution in [0.3, 0.4) is 0 Å². The van der Waals surface area contributed by atoms with Gasteiger partial charge in [0.2, 0.25) is 0 Å². The number of nitrogens with zero attached hydrogens (tertiary/aromatic N) is 3. The lowest BCUT2D eigenvalue weighted by Gasteiger charge is -2.11. The van der Waals surface area contributed by atoms with Crippen molar-refractivity contribution in [2.75, 3.05) is 6.61 Å². The van der Waals surface area contributed by atoms with E-state index in [2.05, 4.69) is 20.7 Å². The van der Waals surface area contributed by atoms with Crippen LogP contribution in [0.4, 0.5) is 0 Å². The summed E-state index contributed by atoms with van der Waals surface area (Å²) in [7, 11) is 0. The van der Waals surface area contributed by atoms with Gasteiger partial charge in [-0.1, -0.05) is 51.6 Å². The van der Waals surface area contributed by atoms with Gasteiger partial charge in [0.15, 0.2) is 12.4 Å². The number of carbonyl (C=O) groups excluding carboxylic acids is 1. The van der Waals surface area contributed by atoms with Gasteiger partial charge in [-0.3, -0.25) is 4.79 Å². The molecule has 2 aromatic carbocycles. The number of halogens is 3. The largest absolute Gasteiger partial charge is 0.481 e. The second-order valence-corrected chi connectivity index (χ2v) is 7.99. The molecular formula is C22H15Cl3N4O3. The zero-order valence-corrected chi connectivity index (χ0v) is 18.9. The number of hydrazone groups is 1. The van der Waals surface area contributed by atoms with Gasteiger partial charge >= 0.3 is 0 Å². The number of hydrogen-bond acceptors (Lipinski definition) is 6. The number of benzene rings is 2. The van der Waals surface area contributed by atoms with Crippen LogP contribution in [0.25, 0.3) is 22.2 Å². The Kier molecular flexibility index (Phi) is 6.60. The van der Waals surface area contributed by atoms with Crippen molar-refractivity contribution in [3.63, 3.8) is 0 Å². The zero-order valence-electron chi connectivity index (χ0n) is 16.6. The fraction of sp³-hybridized carbons (Fsp3) is 0.0909. The highest BCUT2D eigenvalue weighted by molar-refractivity contribution is 6.36. The summed E-state index contributed by atoms with van der Waals surface area (Å²) in [6, 6.07) is 12.4. The Morgan fingerprint density at radius 2 is 2.03 bits per heavy atom. The molecule has 162 valence electrons. The van der Waals surface area contributed by atoms with E-state index in [0.717, 1.165) is 16.5 Å². The van der Waals surface area contributed by atoms with Crippen molar-refractivity contribution in [1.29, 1.82) is 0 Å². The molecule has 0 spiro atoms. The van der Waals surface area contributed by atoms with Gasteiger partial charge < -0.3 is 9.26 Å². The van der Waals surface area contributed by atoms with Crippen LogP contribution in [0.1, 0.15) is 11.1 Å². The van der Waals surface area contributed by atoms with E-state index in [0.29, 0.717) is 21.9 Å². The number of rotatable bonds is 6. The molecule has 1 N–H and O–H groups in total. The summed E-state index contributed by atoms with van der Waals surface area (Å²) in [6.07, 6.45) is 2.90. The minimum absolute atomic E-state index is 0.226. The zero-order chi connectivity index (χ0) is 22.7. The Hall–Kier alpha value is -3.13. The summed E-state index contributed by atoms with van der Waals surface area (Å²) in [5.41, 5.74) is 5.30. The summed E-state index contributed by atoms with van der Waals surface area (Å²) in [5, 5.41) is 9.42. The molecule has 7 nitrogen and oxygen atoms in total. The highest BCUT2D eigenvalue weighted by Gasteiger charge is 2.16. The molecule has 4 rings (SSSR count). The first kappa shape index (κ1) is 22.1. The third-order valence-corrected chi connectivity index (χ3v) is 5.20. The Labute approximate surface area is 197 Å². The molecule has 0 fully saturated rings. The molecule has 0 atom stereocenters. The van der Waals surface area contributed by atoms with Gasteiger partial charge in [0.25, 0.3) is 5.91 Å². The predicted octanol–water partition coefficient (Wildman–Crippen LogP) is 5.69. The molecule has 0 aliphatic carbocycles. The summed E-state index contributed by atoms with van der Waals surface area (Å²) in [4.78, 5) is 16.6. The Balaban J connectivity index is 1.44. The van der Waals surface area contributed by atoms with E-state index in [1.54, 1.807) is 12.1 Å². The molecule has 0 aliphatic heterocycles. The minimum atomic E-state index is -0.503. The van der Waals surface area contributed by atoms with E-state index in [1.807, 2.05) is 31.2 Å². The maximum absolute atomic E-state index is 12.2. The fourth-order valence-corrected chi connectivity index (χ4v) is 3.71. The van der Waals surface area contributed by atoms with Crippen LogP contribution in [-0.2, 0) is 4.79 Å². The Morgan fingerprint density at radius 1 is 1.19 bits per heavy atom. The molecule has 0 unspecified atom stereocenters. The minimum Gasteiger partial charge on any atom is -0.481 e. The van der Waals surface area contributed by atoms with Crippen molar-refractivity contribution in [3.05, 3.63) is 75.0 Å². The molecule has 1 amide bonds. The maximum Gasteiger partial charge on any atom is 0.277 e. The fourth-order valence-electron chi connectivity index (χ4n) is 2.97. The van der Waals surface area contributed by atoms with Crippen LogP contribution in [-0.4, -0.2) is 28.9 Å². The standard InChI is InChI=1S/C22H15Cl3N4O3/c1-12-2-3-18-13(6-12)7-14(22(25)28-18)10-26-29-20(30)11-31-21-16(19-4-5-27-32-19)8-15(23)9-17(21)24/h2-10H,11H2,1H3,(H,29,30)/b26-10+. The second kappa shape index (κ2) is 9.56. The van der Waals surface area contributed by atoms with Gasteiger partial charge in [0.05, 0.1) is 28.5 Å². The first-order valence-electron chi connectivity index (χ1n) is 9.32. The van der Waals surface area contributed by atoms with Crippen molar-refractivity contribution < 1.29 is 14.1 Å². The van der Waals surface area contributed by atoms with Crippen molar-refractivity contribution in [2.45, 2.75) is 6.92 Å². The third-order valence-electron chi connectivity index (χ3n) is 4.40. The number of hydrogen-bond donors (Lipinski definition) is 1. The van der Waals surface area contributed by atoms with Gasteiger partial charge in [-0.2, -0.15) is 5.10 Å². The molecule has 0 aliphatic rings. The molecule has 0 radical (unpaired) electrons. The lowest BCUT2D eigenvalue weighted by Crippen LogP contribution is -2.24. The quantitative estimate of drug-likeness (QED) is 0.213. The predicted molar refractivity (Wildman–Crippen MR) is 125 cm³/mol. The molecular weight excluding hydrogens is 475 g/mol. The number of nitrogens with one attached hydrogen (secondary N) is 1. The SMILES string of the molecule is Cc1ccc2nc(Cl)c(/C=N/NC(=O)COc3c(Cl)cc(Cl)cc3-c3ccno3)cc2c1. The third kappa shape index (κ3) is 5.02. The van der Waals surface area contributed by atoms with Crippen molar-refractivity contribution in [1.82, 2.24) is 15.6 Å². The Bertz CT molecular complexity index is 1320. The molecule has 2 heterocycles. The first-order chi connectivity index (χ1) is 15.4. The van der Waals surface area contributed by atoms with Crippen LogP contribution in [0, 0.1) is 6.92 Å². The van der Waals surface area contributed by atoms with Gasteiger partial charge in [-0.05, 0) is 37.3 Å². The highest BCUT2D eigenvalue weighted by atomic mass is 35.5. The maximum atomic E-state index is 12.2. The van der Waals surface area contributed by atoms with Crippen molar-refractivity contribution in [3.8, 4) is 17.1 Å². The van der Waals surface area contributed by atoms with Crippen LogP contribution in [0.15, 0.2) is 58.3 Å². The van der Waals surface area contributed by atoms with Crippen LogP contribution >= 0.6 is 34.8 Å². The van der Waals surface area contributed by atoms with E-state index in [-0.39, 0.29) is 22.5 Å². The number of aromatic nitrogens is 2. The number of aryl methyl sites for hydroxylation is 1. The molecule has 4 aromatic rings. The van der Waals surface area contributed by atoms with Gasteiger partial charge in [0.1, 0.15) is 10.9 Å². The number of carbonyl (C=O) groups is 1. The summed E-state index contributed by atoms with van der Waals surface area (Å²) < 4.78 is 10.8. The number of fused-ring (bicyclic) bond motifs is 1. The second-order valence-electron chi connectivity index (χ2n) is 6.79. The van der Waals surface area contributed by atoms with E-state index >= 15 is 0 Å². The molecule has 0 saturated heterocycles. The van der Waals surface area contributed by atoms with Gasteiger partial charge in [-0.15, -0.1) is 0 Å². The van der Waals surface area contributed by atoms with Crippen LogP contribution in [0.2, 0.25) is 15.2 Å². The normalized spacial score (nSPS) is 11.2. The van der Waals surface area contributed by atoms with E-state index < -0.39 is 5.91 Å². The van der Waals surface area contributed by atoms with Gasteiger partial charge in [-0.25, -0.2) is 10.4 Å². The van der Waals surface area contributed by atoms with Crippen molar-refractivity contribution in [2.24, 2.45) is 5.10 Å². The van der Waals surface area contributed by atoms with Gasteiger partial charge in [0, 0.05) is 22.0 Å². The molecule has 0 bridgehead atoms. The number of pyridine rings is 1.